The molecular formula is C12H19N3O. The van der Waals surface area contributed by atoms with Crippen molar-refractivity contribution in [2.45, 2.75) is 44.9 Å². The molecule has 2 heterocycles. The summed E-state index contributed by atoms with van der Waals surface area (Å²) in [5.74, 6) is 0.854. The lowest BCUT2D eigenvalue weighted by Gasteiger charge is -2.35. The summed E-state index contributed by atoms with van der Waals surface area (Å²) in [4.78, 5) is 8.39. The van der Waals surface area contributed by atoms with Gasteiger partial charge in [0, 0.05) is 25.0 Å². The van der Waals surface area contributed by atoms with Gasteiger partial charge >= 0.3 is 0 Å². The van der Waals surface area contributed by atoms with E-state index in [1.54, 1.807) is 12.4 Å². The van der Waals surface area contributed by atoms with E-state index in [-0.39, 0.29) is 5.60 Å². The Morgan fingerprint density at radius 2 is 2.19 bits per heavy atom. The Morgan fingerprint density at radius 1 is 1.44 bits per heavy atom. The summed E-state index contributed by atoms with van der Waals surface area (Å²) < 4.78 is 5.68. The van der Waals surface area contributed by atoms with E-state index in [0.29, 0.717) is 6.04 Å². The van der Waals surface area contributed by atoms with Gasteiger partial charge in [-0.1, -0.05) is 0 Å². The van der Waals surface area contributed by atoms with Crippen LogP contribution in [0.3, 0.4) is 0 Å². The lowest BCUT2D eigenvalue weighted by molar-refractivity contribution is -0.0631. The van der Waals surface area contributed by atoms with Gasteiger partial charge in [-0.3, -0.25) is 0 Å². The fourth-order valence-electron chi connectivity index (χ4n) is 2.06. The summed E-state index contributed by atoms with van der Waals surface area (Å²) in [5.41, 5.74) is -0.00649. The summed E-state index contributed by atoms with van der Waals surface area (Å²) in [6.07, 6.45) is 5.66. The molecule has 0 bridgehead atoms. The molecule has 4 nitrogen and oxygen atoms in total. The molecule has 0 amide bonds. The molecule has 1 aromatic heterocycles. The van der Waals surface area contributed by atoms with E-state index in [4.69, 9.17) is 4.74 Å². The van der Waals surface area contributed by atoms with Crippen LogP contribution in [0.5, 0.6) is 0 Å². The molecule has 1 fully saturated rings. The van der Waals surface area contributed by atoms with Crippen molar-refractivity contribution in [1.29, 1.82) is 0 Å². The third-order valence-corrected chi connectivity index (χ3v) is 2.87. The molecule has 1 N–H and O–H groups in total. The predicted molar refractivity (Wildman–Crippen MR) is 61.9 cm³/mol. The van der Waals surface area contributed by atoms with Crippen molar-refractivity contribution < 1.29 is 4.74 Å². The topological polar surface area (TPSA) is 47.0 Å². The van der Waals surface area contributed by atoms with Gasteiger partial charge in [-0.25, -0.2) is 9.97 Å². The highest BCUT2D eigenvalue weighted by Gasteiger charge is 2.28. The summed E-state index contributed by atoms with van der Waals surface area (Å²) in [5, 5.41) is 3.49. The highest BCUT2D eigenvalue weighted by Crippen LogP contribution is 2.23. The second-order valence-electron chi connectivity index (χ2n) is 4.84. The number of ether oxygens (including phenoxy) is 1. The number of rotatable bonds is 3. The lowest BCUT2D eigenvalue weighted by atomic mass is 9.94. The first kappa shape index (κ1) is 11.5. The van der Waals surface area contributed by atoms with Crippen molar-refractivity contribution in [1.82, 2.24) is 15.3 Å². The van der Waals surface area contributed by atoms with E-state index < -0.39 is 0 Å². The van der Waals surface area contributed by atoms with E-state index in [1.807, 2.05) is 6.07 Å². The molecule has 0 spiro atoms. The maximum atomic E-state index is 5.68. The van der Waals surface area contributed by atoms with Crippen LogP contribution in [-0.2, 0) is 11.3 Å². The van der Waals surface area contributed by atoms with Crippen molar-refractivity contribution in [2.24, 2.45) is 0 Å². The summed E-state index contributed by atoms with van der Waals surface area (Å²) in [6, 6.07) is 2.34. The average molecular weight is 221 g/mol. The highest BCUT2D eigenvalue weighted by atomic mass is 16.5. The van der Waals surface area contributed by atoms with Crippen molar-refractivity contribution in [2.75, 3.05) is 6.61 Å². The van der Waals surface area contributed by atoms with E-state index in [2.05, 4.69) is 29.1 Å². The first-order valence-corrected chi connectivity index (χ1v) is 5.79. The normalized spacial score (nSPS) is 24.2. The molecule has 0 aliphatic carbocycles. The van der Waals surface area contributed by atoms with Gasteiger partial charge in [0.25, 0.3) is 0 Å². The van der Waals surface area contributed by atoms with E-state index >= 15 is 0 Å². The van der Waals surface area contributed by atoms with E-state index in [1.165, 1.54) is 0 Å². The molecule has 4 heteroatoms. The molecule has 1 aliphatic heterocycles. The van der Waals surface area contributed by atoms with Gasteiger partial charge in [0.15, 0.2) is 0 Å². The molecule has 0 aromatic carbocycles. The molecule has 1 unspecified atom stereocenters. The van der Waals surface area contributed by atoms with Crippen LogP contribution in [0.1, 0.15) is 32.5 Å². The van der Waals surface area contributed by atoms with E-state index in [0.717, 1.165) is 31.8 Å². The standard InChI is InChI=1S/C12H19N3O/c1-12(2)8-10(4-7-16-12)15-9-11-13-5-3-6-14-11/h3,5-6,10,15H,4,7-9H2,1-2H3. The van der Waals surface area contributed by atoms with Gasteiger partial charge in [-0.05, 0) is 32.8 Å². The van der Waals surface area contributed by atoms with Gasteiger partial charge < -0.3 is 10.1 Å². The minimum atomic E-state index is -0.00649. The molecule has 16 heavy (non-hydrogen) atoms. The molecule has 0 radical (unpaired) electrons. The Hall–Kier alpha value is -1.00. The fourth-order valence-corrected chi connectivity index (χ4v) is 2.06. The SMILES string of the molecule is CC1(C)CC(NCc2ncccn2)CCO1. The number of aromatic nitrogens is 2. The lowest BCUT2D eigenvalue weighted by Crippen LogP contribution is -2.43. The highest BCUT2D eigenvalue weighted by molar-refractivity contribution is 4.90. The fraction of sp³-hybridized carbons (Fsp3) is 0.667. The number of nitrogens with zero attached hydrogens (tertiary/aromatic N) is 2. The van der Waals surface area contributed by atoms with Crippen LogP contribution in [0.15, 0.2) is 18.5 Å². The summed E-state index contributed by atoms with van der Waals surface area (Å²) >= 11 is 0. The van der Waals surface area contributed by atoms with Gasteiger partial charge in [0.05, 0.1) is 12.1 Å². The van der Waals surface area contributed by atoms with Crippen LogP contribution in [-0.4, -0.2) is 28.2 Å². The Balaban J connectivity index is 1.82. The van der Waals surface area contributed by atoms with Crippen LogP contribution >= 0.6 is 0 Å². The van der Waals surface area contributed by atoms with Crippen molar-refractivity contribution in [3.8, 4) is 0 Å². The largest absolute Gasteiger partial charge is 0.375 e. The molecule has 1 aromatic rings. The molecule has 1 atom stereocenters. The van der Waals surface area contributed by atoms with Crippen LogP contribution in [0, 0.1) is 0 Å². The number of hydrogen-bond acceptors (Lipinski definition) is 4. The maximum Gasteiger partial charge on any atom is 0.141 e. The van der Waals surface area contributed by atoms with Crippen molar-refractivity contribution in [3.63, 3.8) is 0 Å². The van der Waals surface area contributed by atoms with Crippen molar-refractivity contribution >= 4 is 0 Å². The molecule has 2 rings (SSSR count). The molecule has 1 saturated heterocycles. The maximum absolute atomic E-state index is 5.68. The molecule has 1 aliphatic rings. The zero-order valence-electron chi connectivity index (χ0n) is 9.94. The Kier molecular flexibility index (Phi) is 3.51. The van der Waals surface area contributed by atoms with E-state index in [9.17, 15) is 0 Å². The third-order valence-electron chi connectivity index (χ3n) is 2.87. The Labute approximate surface area is 96.4 Å². The zero-order valence-corrected chi connectivity index (χ0v) is 9.94. The van der Waals surface area contributed by atoms with Crippen LogP contribution in [0.2, 0.25) is 0 Å². The Morgan fingerprint density at radius 3 is 2.88 bits per heavy atom. The second kappa shape index (κ2) is 4.89. The minimum Gasteiger partial charge on any atom is -0.375 e. The first-order chi connectivity index (χ1) is 7.66. The van der Waals surface area contributed by atoms with Gasteiger partial charge in [0.1, 0.15) is 5.82 Å². The van der Waals surface area contributed by atoms with Crippen LogP contribution in [0.4, 0.5) is 0 Å². The average Bonchev–Trinajstić information content (AvgIpc) is 2.27. The quantitative estimate of drug-likeness (QED) is 0.840. The van der Waals surface area contributed by atoms with Gasteiger partial charge in [0.2, 0.25) is 0 Å². The summed E-state index contributed by atoms with van der Waals surface area (Å²) in [7, 11) is 0. The van der Waals surface area contributed by atoms with Crippen LogP contribution < -0.4 is 5.32 Å². The summed E-state index contributed by atoms with van der Waals surface area (Å²) in [6.45, 7) is 5.85. The minimum absolute atomic E-state index is 0.00649. The third kappa shape index (κ3) is 3.25. The number of nitrogens with one attached hydrogen (secondary N) is 1. The zero-order chi connectivity index (χ0) is 11.4. The number of hydrogen-bond donors (Lipinski definition) is 1. The van der Waals surface area contributed by atoms with Crippen LogP contribution in [0.25, 0.3) is 0 Å². The van der Waals surface area contributed by atoms with Gasteiger partial charge in [-0.2, -0.15) is 0 Å². The van der Waals surface area contributed by atoms with Gasteiger partial charge in [-0.15, -0.1) is 0 Å². The Bertz CT molecular complexity index is 326. The van der Waals surface area contributed by atoms with Crippen molar-refractivity contribution in [3.05, 3.63) is 24.3 Å². The first-order valence-electron chi connectivity index (χ1n) is 5.79. The predicted octanol–water partition coefficient (Wildman–Crippen LogP) is 1.52. The second-order valence-corrected chi connectivity index (χ2v) is 4.84. The molecule has 88 valence electrons. The monoisotopic (exact) mass is 221 g/mol. The smallest absolute Gasteiger partial charge is 0.141 e. The molecule has 0 saturated carbocycles. The molecular weight excluding hydrogens is 202 g/mol.